The first-order valence-corrected chi connectivity index (χ1v) is 6.19. The van der Waals surface area contributed by atoms with E-state index in [1.165, 1.54) is 12.8 Å². The molecule has 1 saturated carbocycles. The average molecular weight is 228 g/mol. The molecule has 88 valence electrons. The van der Waals surface area contributed by atoms with E-state index in [9.17, 15) is 0 Å². The Morgan fingerprint density at radius 2 is 1.94 bits per heavy atom. The third-order valence-corrected chi connectivity index (χ3v) is 3.56. The van der Waals surface area contributed by atoms with Crippen molar-refractivity contribution in [1.29, 1.82) is 0 Å². The number of hydrogen-bond acceptors (Lipinski definition) is 3. The number of aromatic nitrogens is 1. The quantitative estimate of drug-likeness (QED) is 0.723. The van der Waals surface area contributed by atoms with Gasteiger partial charge in [0.15, 0.2) is 0 Å². The molecule has 1 aromatic rings. The highest BCUT2D eigenvalue weighted by Crippen LogP contribution is 2.28. The second-order valence-electron chi connectivity index (χ2n) is 4.74. The summed E-state index contributed by atoms with van der Waals surface area (Å²) < 4.78 is 0. The van der Waals surface area contributed by atoms with Crippen molar-refractivity contribution in [2.75, 3.05) is 31.1 Å². The molecule has 2 fully saturated rings. The molecule has 4 heteroatoms. The maximum Gasteiger partial charge on any atom is 0.205 e. The molecule has 0 unspecified atom stereocenters. The summed E-state index contributed by atoms with van der Waals surface area (Å²) in [6, 6.07) is 4.68. The lowest BCUT2D eigenvalue weighted by Crippen LogP contribution is -2.47. The summed E-state index contributed by atoms with van der Waals surface area (Å²) in [7, 11) is 0. The van der Waals surface area contributed by atoms with Gasteiger partial charge in [-0.3, -0.25) is 9.88 Å². The number of piperazine rings is 1. The van der Waals surface area contributed by atoms with Crippen molar-refractivity contribution in [2.45, 2.75) is 18.9 Å². The molecule has 3 rings (SSSR count). The molecule has 0 aromatic carbocycles. The summed E-state index contributed by atoms with van der Waals surface area (Å²) >= 11 is 0. The van der Waals surface area contributed by atoms with Crippen molar-refractivity contribution in [3.63, 3.8) is 0 Å². The average Bonchev–Trinajstić information content (AvgIpc) is 3.24. The first-order chi connectivity index (χ1) is 8.36. The van der Waals surface area contributed by atoms with Crippen molar-refractivity contribution in [1.82, 2.24) is 9.88 Å². The molecular weight excluding hydrogens is 212 g/mol. The molecule has 1 saturated heterocycles. The normalized spacial score (nSPS) is 21.2. The van der Waals surface area contributed by atoms with E-state index >= 15 is 0 Å². The van der Waals surface area contributed by atoms with Crippen LogP contribution in [0.25, 0.3) is 4.85 Å². The highest BCUT2D eigenvalue weighted by atomic mass is 15.3. The van der Waals surface area contributed by atoms with Crippen LogP contribution in [0.15, 0.2) is 18.3 Å². The van der Waals surface area contributed by atoms with Gasteiger partial charge in [0.1, 0.15) is 5.82 Å². The predicted octanol–water partition coefficient (Wildman–Crippen LogP) is 1.92. The molecule has 17 heavy (non-hydrogen) atoms. The van der Waals surface area contributed by atoms with Gasteiger partial charge in [-0.2, -0.15) is 0 Å². The minimum Gasteiger partial charge on any atom is -0.354 e. The van der Waals surface area contributed by atoms with Gasteiger partial charge >= 0.3 is 0 Å². The van der Waals surface area contributed by atoms with Crippen LogP contribution in [-0.4, -0.2) is 42.1 Å². The zero-order valence-electron chi connectivity index (χ0n) is 9.84. The Morgan fingerprint density at radius 1 is 1.18 bits per heavy atom. The van der Waals surface area contributed by atoms with Crippen LogP contribution in [0.4, 0.5) is 11.5 Å². The lowest BCUT2D eigenvalue weighted by atomic mass is 10.3. The van der Waals surface area contributed by atoms with Gasteiger partial charge < -0.3 is 4.90 Å². The zero-order chi connectivity index (χ0) is 11.7. The van der Waals surface area contributed by atoms with Crippen LogP contribution in [0.3, 0.4) is 0 Å². The number of hydrogen-bond donors (Lipinski definition) is 0. The van der Waals surface area contributed by atoms with E-state index in [0.29, 0.717) is 5.69 Å². The molecule has 1 aromatic heterocycles. The minimum atomic E-state index is 0.616. The molecule has 2 aliphatic rings. The van der Waals surface area contributed by atoms with Gasteiger partial charge in [-0.25, -0.2) is 4.85 Å². The van der Waals surface area contributed by atoms with Gasteiger partial charge in [0, 0.05) is 38.4 Å². The van der Waals surface area contributed by atoms with Crippen LogP contribution in [-0.2, 0) is 0 Å². The van der Waals surface area contributed by atoms with E-state index in [4.69, 9.17) is 6.57 Å². The van der Waals surface area contributed by atoms with E-state index in [0.717, 1.165) is 38.0 Å². The molecule has 0 N–H and O–H groups in total. The van der Waals surface area contributed by atoms with Crippen LogP contribution >= 0.6 is 0 Å². The van der Waals surface area contributed by atoms with Crippen LogP contribution in [0.2, 0.25) is 0 Å². The fourth-order valence-corrected chi connectivity index (χ4v) is 2.39. The smallest absolute Gasteiger partial charge is 0.205 e. The van der Waals surface area contributed by atoms with E-state index in [1.54, 1.807) is 6.20 Å². The maximum atomic E-state index is 6.90. The fourth-order valence-electron chi connectivity index (χ4n) is 2.39. The van der Waals surface area contributed by atoms with Gasteiger partial charge in [-0.05, 0) is 18.9 Å². The summed E-state index contributed by atoms with van der Waals surface area (Å²) in [5.74, 6) is 1.01. The Bertz CT molecular complexity index is 422. The first kappa shape index (κ1) is 10.5. The number of nitrogens with zero attached hydrogens (tertiary/aromatic N) is 4. The third-order valence-electron chi connectivity index (χ3n) is 3.56. The molecule has 0 amide bonds. The molecule has 1 aliphatic heterocycles. The van der Waals surface area contributed by atoms with Crippen molar-refractivity contribution in [3.05, 3.63) is 29.7 Å². The van der Waals surface area contributed by atoms with Gasteiger partial charge in [-0.15, -0.1) is 0 Å². The molecule has 1 aliphatic carbocycles. The largest absolute Gasteiger partial charge is 0.354 e. The molecule has 0 bridgehead atoms. The second-order valence-corrected chi connectivity index (χ2v) is 4.74. The summed E-state index contributed by atoms with van der Waals surface area (Å²) in [5, 5.41) is 0. The van der Waals surface area contributed by atoms with Crippen molar-refractivity contribution >= 4 is 11.5 Å². The third kappa shape index (κ3) is 2.25. The van der Waals surface area contributed by atoms with Gasteiger partial charge in [-0.1, -0.05) is 6.07 Å². The highest BCUT2D eigenvalue weighted by molar-refractivity contribution is 5.49. The van der Waals surface area contributed by atoms with Crippen LogP contribution in [0, 0.1) is 6.57 Å². The number of rotatable bonds is 2. The first-order valence-electron chi connectivity index (χ1n) is 6.19. The van der Waals surface area contributed by atoms with Gasteiger partial charge in [0.05, 0.1) is 6.57 Å². The topological polar surface area (TPSA) is 23.7 Å². The van der Waals surface area contributed by atoms with Crippen LogP contribution in [0.5, 0.6) is 0 Å². The van der Waals surface area contributed by atoms with E-state index in [2.05, 4.69) is 19.6 Å². The summed E-state index contributed by atoms with van der Waals surface area (Å²) in [4.78, 5) is 12.6. The summed E-state index contributed by atoms with van der Waals surface area (Å²) in [5.41, 5.74) is 0.616. The molecule has 2 heterocycles. The lowest BCUT2D eigenvalue weighted by Gasteiger charge is -2.35. The Kier molecular flexibility index (Phi) is 2.69. The Labute approximate surface area is 102 Å². The van der Waals surface area contributed by atoms with E-state index < -0.39 is 0 Å². The molecule has 4 nitrogen and oxygen atoms in total. The minimum absolute atomic E-state index is 0.616. The van der Waals surface area contributed by atoms with E-state index in [1.807, 2.05) is 12.1 Å². The van der Waals surface area contributed by atoms with Gasteiger partial charge in [0.2, 0.25) is 5.69 Å². The van der Waals surface area contributed by atoms with E-state index in [-0.39, 0.29) is 0 Å². The fraction of sp³-hybridized carbons (Fsp3) is 0.538. The Balaban J connectivity index is 1.63. The maximum absolute atomic E-state index is 6.90. The number of anilines is 1. The second kappa shape index (κ2) is 4.34. The van der Waals surface area contributed by atoms with Crippen molar-refractivity contribution in [3.8, 4) is 0 Å². The van der Waals surface area contributed by atoms with Crippen molar-refractivity contribution in [2.24, 2.45) is 0 Å². The predicted molar refractivity (Wildman–Crippen MR) is 67.3 cm³/mol. The lowest BCUT2D eigenvalue weighted by molar-refractivity contribution is 0.247. The SMILES string of the molecule is [C-]#[N+]c1ccc(N2CCN(C3CC3)CC2)nc1. The zero-order valence-corrected chi connectivity index (χ0v) is 9.84. The Morgan fingerprint density at radius 3 is 2.47 bits per heavy atom. The van der Waals surface area contributed by atoms with Crippen LogP contribution in [0.1, 0.15) is 12.8 Å². The van der Waals surface area contributed by atoms with Gasteiger partial charge in [0.25, 0.3) is 0 Å². The summed E-state index contributed by atoms with van der Waals surface area (Å²) in [6.45, 7) is 11.3. The molecule has 0 spiro atoms. The summed E-state index contributed by atoms with van der Waals surface area (Å²) in [6.07, 6.45) is 4.44. The highest BCUT2D eigenvalue weighted by Gasteiger charge is 2.31. The van der Waals surface area contributed by atoms with Crippen molar-refractivity contribution < 1.29 is 0 Å². The monoisotopic (exact) mass is 228 g/mol. The number of pyridine rings is 1. The molecule has 0 atom stereocenters. The Hall–Kier alpha value is -1.60. The molecule has 0 radical (unpaired) electrons. The van der Waals surface area contributed by atoms with Crippen LogP contribution < -0.4 is 4.90 Å². The standard InChI is InChI=1S/C13H16N4/c1-14-11-2-5-13(15-10-11)17-8-6-16(7-9-17)12-3-4-12/h2,5,10,12H,3-4,6-9H2. The molecular formula is C13H16N4.